The first-order valence-corrected chi connectivity index (χ1v) is 13.9. The number of alkyl halides is 3. The van der Waals surface area contributed by atoms with Gasteiger partial charge in [-0.05, 0) is 44.9 Å². The van der Waals surface area contributed by atoms with Crippen molar-refractivity contribution >= 4 is 23.0 Å². The van der Waals surface area contributed by atoms with E-state index in [1.807, 2.05) is 7.05 Å². The van der Waals surface area contributed by atoms with Crippen LogP contribution in [0.1, 0.15) is 31.2 Å². The van der Waals surface area contributed by atoms with Gasteiger partial charge in [0.15, 0.2) is 0 Å². The second-order valence-electron chi connectivity index (χ2n) is 11.8. The maximum Gasteiger partial charge on any atom is 0.417 e. The van der Waals surface area contributed by atoms with E-state index in [1.54, 1.807) is 0 Å². The molecule has 13 heteroatoms. The minimum absolute atomic E-state index is 0.0385. The summed E-state index contributed by atoms with van der Waals surface area (Å²) in [5.74, 6) is 0.497. The number of likely N-dealkylation sites (tertiary alicyclic amines) is 1. The third kappa shape index (κ3) is 4.66. The first-order valence-electron chi connectivity index (χ1n) is 13.5. The molecule has 0 spiro atoms. The van der Waals surface area contributed by atoms with Crippen LogP contribution < -0.4 is 27.0 Å². The molecule has 2 saturated carbocycles. The zero-order chi connectivity index (χ0) is 26.9. The fraction of sp³-hybridized carbons (Fsp3) is 0.760. The van der Waals surface area contributed by atoms with Gasteiger partial charge >= 0.3 is 6.18 Å². The van der Waals surface area contributed by atoms with Crippen molar-refractivity contribution in [3.8, 4) is 0 Å². The fourth-order valence-electron chi connectivity index (χ4n) is 7.32. The number of benzene rings is 1. The van der Waals surface area contributed by atoms with Crippen LogP contribution in [-0.4, -0.2) is 89.6 Å². The molecule has 38 heavy (non-hydrogen) atoms. The summed E-state index contributed by atoms with van der Waals surface area (Å²) in [7, 11) is 2.05. The molecular formula is C25H37ClF3N7O2. The van der Waals surface area contributed by atoms with Crippen molar-refractivity contribution in [2.45, 2.75) is 74.6 Å². The number of nitrogens with one attached hydrogen (secondary N) is 4. The van der Waals surface area contributed by atoms with Crippen molar-refractivity contribution in [2.24, 2.45) is 23.5 Å². The van der Waals surface area contributed by atoms with Gasteiger partial charge in [-0.25, -0.2) is 0 Å². The Balaban J connectivity index is 1.02. The summed E-state index contributed by atoms with van der Waals surface area (Å²) in [6.07, 6.45) is -2.74. The Bertz CT molecular complexity index is 1040. The first kappa shape index (κ1) is 26.8. The van der Waals surface area contributed by atoms with E-state index in [0.29, 0.717) is 30.6 Å². The van der Waals surface area contributed by atoms with Crippen LogP contribution in [0.3, 0.4) is 0 Å². The van der Waals surface area contributed by atoms with Gasteiger partial charge in [-0.15, -0.1) is 0 Å². The third-order valence-electron chi connectivity index (χ3n) is 9.59. The Hall–Kier alpha value is -1.38. The predicted octanol–water partition coefficient (Wildman–Crippen LogP) is 1.43. The molecular weight excluding hydrogens is 523 g/mol. The maximum atomic E-state index is 13.2. The third-order valence-corrected chi connectivity index (χ3v) is 9.91. The molecule has 8 N–H and O–H groups in total. The highest BCUT2D eigenvalue weighted by molar-refractivity contribution is 6.32. The van der Waals surface area contributed by atoms with Crippen molar-refractivity contribution in [2.75, 3.05) is 37.4 Å². The quantitative estimate of drug-likeness (QED) is 0.287. The fourth-order valence-corrected chi connectivity index (χ4v) is 7.59. The van der Waals surface area contributed by atoms with Gasteiger partial charge in [0.2, 0.25) is 0 Å². The summed E-state index contributed by atoms with van der Waals surface area (Å²) in [5, 5.41) is 34.8. The molecule has 0 amide bonds. The van der Waals surface area contributed by atoms with Crippen molar-refractivity contribution in [1.29, 1.82) is 0 Å². The molecule has 6 rings (SSSR count). The monoisotopic (exact) mass is 559 g/mol. The number of hydrogen-bond donors (Lipinski definition) is 7. The first-order chi connectivity index (χ1) is 18.0. The van der Waals surface area contributed by atoms with Crippen molar-refractivity contribution < 1.29 is 23.4 Å². The number of hydrogen-bond acceptors (Lipinski definition) is 9. The van der Waals surface area contributed by atoms with E-state index in [1.165, 1.54) is 6.07 Å². The van der Waals surface area contributed by atoms with Crippen LogP contribution in [0.5, 0.6) is 0 Å². The summed E-state index contributed by atoms with van der Waals surface area (Å²) in [6, 6.07) is 2.62. The zero-order valence-electron chi connectivity index (χ0n) is 21.3. The normalized spacial score (nSPS) is 41.0. The second-order valence-corrected chi connectivity index (χ2v) is 12.2. The number of anilines is 2. The number of aliphatic hydroxyl groups is 2. The Kier molecular flexibility index (Phi) is 7.00. The smallest absolute Gasteiger partial charge is 0.390 e. The van der Waals surface area contributed by atoms with E-state index in [0.717, 1.165) is 38.3 Å². The minimum atomic E-state index is -4.50. The lowest BCUT2D eigenvalue weighted by atomic mass is 9.77. The van der Waals surface area contributed by atoms with Crippen molar-refractivity contribution in [3.63, 3.8) is 0 Å². The molecule has 2 saturated heterocycles. The van der Waals surface area contributed by atoms with Gasteiger partial charge in [0, 0.05) is 49.6 Å². The Morgan fingerprint density at radius 2 is 1.82 bits per heavy atom. The van der Waals surface area contributed by atoms with Gasteiger partial charge in [0.25, 0.3) is 0 Å². The summed E-state index contributed by atoms with van der Waals surface area (Å²) in [4.78, 5) is 4.55. The highest BCUT2D eigenvalue weighted by Crippen LogP contribution is 2.45. The molecule has 1 aromatic rings. The van der Waals surface area contributed by atoms with Crippen LogP contribution in [0.15, 0.2) is 12.1 Å². The molecule has 9 nitrogen and oxygen atoms in total. The molecule has 8 atom stereocenters. The van der Waals surface area contributed by atoms with Crippen LogP contribution in [-0.2, 0) is 6.18 Å². The topological polar surface area (TPSA) is 121 Å². The van der Waals surface area contributed by atoms with E-state index < -0.39 is 23.9 Å². The minimum Gasteiger partial charge on any atom is -0.390 e. The van der Waals surface area contributed by atoms with Gasteiger partial charge in [-0.3, -0.25) is 15.5 Å². The van der Waals surface area contributed by atoms with E-state index in [2.05, 4.69) is 31.1 Å². The molecule has 4 unspecified atom stereocenters. The maximum absolute atomic E-state index is 13.2. The Morgan fingerprint density at radius 1 is 1.11 bits per heavy atom. The number of aliphatic hydroxyl groups excluding tert-OH is 2. The lowest BCUT2D eigenvalue weighted by Crippen LogP contribution is -2.64. The molecule has 3 heterocycles. The zero-order valence-corrected chi connectivity index (χ0v) is 22.0. The number of rotatable bonds is 5. The van der Waals surface area contributed by atoms with E-state index in [-0.39, 0.29) is 47.3 Å². The molecule has 0 aromatic heterocycles. The second kappa shape index (κ2) is 9.91. The van der Waals surface area contributed by atoms with Gasteiger partial charge in [0.1, 0.15) is 0 Å². The van der Waals surface area contributed by atoms with Gasteiger partial charge in [-0.2, -0.15) is 13.2 Å². The number of fused-ring (bicyclic) bond motifs is 2. The van der Waals surface area contributed by atoms with Crippen LogP contribution in [0, 0.1) is 17.8 Å². The van der Waals surface area contributed by atoms with Crippen LogP contribution in [0.2, 0.25) is 5.02 Å². The molecule has 0 bridgehead atoms. The summed E-state index contributed by atoms with van der Waals surface area (Å²) in [6.45, 7) is 2.16. The molecule has 212 valence electrons. The van der Waals surface area contributed by atoms with Gasteiger partial charge < -0.3 is 31.5 Å². The molecule has 4 fully saturated rings. The lowest BCUT2D eigenvalue weighted by molar-refractivity contribution is -0.137. The average molecular weight is 560 g/mol. The Morgan fingerprint density at radius 3 is 2.53 bits per heavy atom. The standard InChI is InChI=1S/C25H37ClF3N7O2/c1-35(9-12-6-19(21(38)20(12)37)36-3-2-14-22(30)31-10-32-24(14)36)13-4-11(5-13)23-33-17-7-15(25(27,28)29)16(26)8-18(17)34-23/h7-8,11-14,19-24,31-34,37-38H,2-6,9-10,30H2,1H3/t11-,12-,13-,14?,19-,20-,21+,22?,23?,24?/m1/s1. The highest BCUT2D eigenvalue weighted by atomic mass is 35.5. The van der Waals surface area contributed by atoms with Crippen LogP contribution in [0.25, 0.3) is 0 Å². The molecule has 5 aliphatic rings. The average Bonchev–Trinajstić information content (AvgIpc) is 3.49. The summed E-state index contributed by atoms with van der Waals surface area (Å²) < 4.78 is 39.7. The van der Waals surface area contributed by atoms with Gasteiger partial charge in [-0.1, -0.05) is 11.6 Å². The summed E-state index contributed by atoms with van der Waals surface area (Å²) in [5.41, 5.74) is 6.42. The number of halogens is 4. The molecule has 2 aliphatic carbocycles. The number of nitrogens with two attached hydrogens (primary N) is 1. The van der Waals surface area contributed by atoms with E-state index >= 15 is 0 Å². The van der Waals surface area contributed by atoms with E-state index in [4.69, 9.17) is 17.3 Å². The molecule has 0 radical (unpaired) electrons. The van der Waals surface area contributed by atoms with E-state index in [9.17, 15) is 23.4 Å². The molecule has 3 aliphatic heterocycles. The SMILES string of the molecule is CN(C[C@H]1C[C@@H](N2CCC3C(N)NCNC32)[C@H](O)[C@@H]1O)[C@H]1C[C@H](C2Nc3cc(Cl)c(C(F)(F)F)cc3N2)C1. The van der Waals surface area contributed by atoms with Crippen molar-refractivity contribution in [3.05, 3.63) is 22.7 Å². The predicted molar refractivity (Wildman–Crippen MR) is 138 cm³/mol. The Labute approximate surface area is 225 Å². The largest absolute Gasteiger partial charge is 0.417 e. The van der Waals surface area contributed by atoms with Gasteiger partial charge in [0.05, 0.1) is 52.7 Å². The van der Waals surface area contributed by atoms with Crippen LogP contribution in [0.4, 0.5) is 24.5 Å². The summed E-state index contributed by atoms with van der Waals surface area (Å²) >= 11 is 5.88. The van der Waals surface area contributed by atoms with Crippen LogP contribution >= 0.6 is 11.6 Å². The highest BCUT2D eigenvalue weighted by Gasteiger charge is 2.51. The lowest BCUT2D eigenvalue weighted by Gasteiger charge is -2.44. The number of nitrogens with zero attached hydrogens (tertiary/aromatic N) is 2. The molecule has 1 aromatic carbocycles. The van der Waals surface area contributed by atoms with Crippen molar-refractivity contribution in [1.82, 2.24) is 20.4 Å².